The number of ether oxygens (including phenoxy) is 3. The van der Waals surface area contributed by atoms with Crippen LogP contribution >= 0.6 is 0 Å². The zero-order valence-corrected chi connectivity index (χ0v) is 15.4. The number of hydrogen-bond donors (Lipinski definition) is 1. The van der Waals surface area contributed by atoms with Gasteiger partial charge in [0.15, 0.2) is 5.75 Å². The molecule has 25 heavy (non-hydrogen) atoms. The van der Waals surface area contributed by atoms with Crippen LogP contribution in [-0.4, -0.2) is 38.2 Å². The van der Waals surface area contributed by atoms with Gasteiger partial charge in [0.25, 0.3) is 5.91 Å². The van der Waals surface area contributed by atoms with E-state index in [-0.39, 0.29) is 28.9 Å². The summed E-state index contributed by atoms with van der Waals surface area (Å²) in [5.41, 5.74) is -0.569. The van der Waals surface area contributed by atoms with Crippen molar-refractivity contribution in [2.24, 2.45) is 0 Å². The van der Waals surface area contributed by atoms with E-state index in [0.717, 1.165) is 25.7 Å². The Bertz CT molecular complexity index is 618. The summed E-state index contributed by atoms with van der Waals surface area (Å²) in [6.07, 6.45) is 3.94. The van der Waals surface area contributed by atoms with Gasteiger partial charge in [0.2, 0.25) is 11.5 Å². The molecule has 0 aliphatic heterocycles. The number of nitrogens with one attached hydrogen (secondary N) is 1. The Kier molecular flexibility index (Phi) is 7.97. The second kappa shape index (κ2) is 9.71. The van der Waals surface area contributed by atoms with Crippen LogP contribution in [-0.2, 0) is 0 Å². The molecule has 1 N–H and O–H groups in total. The van der Waals surface area contributed by atoms with Crippen molar-refractivity contribution in [1.82, 2.24) is 5.32 Å². The Morgan fingerprint density at radius 3 is 2.32 bits per heavy atom. The molecule has 0 bridgehead atoms. The molecule has 1 rings (SSSR count). The van der Waals surface area contributed by atoms with Crippen LogP contribution < -0.4 is 19.5 Å². The van der Waals surface area contributed by atoms with E-state index in [1.807, 2.05) is 6.92 Å². The van der Waals surface area contributed by atoms with Gasteiger partial charge < -0.3 is 19.5 Å². The van der Waals surface area contributed by atoms with Gasteiger partial charge in [-0.1, -0.05) is 26.2 Å². The molecule has 0 aliphatic rings. The summed E-state index contributed by atoms with van der Waals surface area (Å²) in [6.45, 7) is 3.97. The van der Waals surface area contributed by atoms with Crippen molar-refractivity contribution >= 4 is 11.6 Å². The normalized spacial score (nSPS) is 11.6. The lowest BCUT2D eigenvalue weighted by Gasteiger charge is -2.17. The van der Waals surface area contributed by atoms with Gasteiger partial charge in [0.05, 0.1) is 26.3 Å². The molecular weight excluding hydrogens is 328 g/mol. The third-order valence-corrected chi connectivity index (χ3v) is 3.85. The number of nitrogens with zero attached hydrogens (tertiary/aromatic N) is 1. The Hall–Kier alpha value is -2.51. The first kappa shape index (κ1) is 20.5. The maximum absolute atomic E-state index is 12.6. The van der Waals surface area contributed by atoms with Gasteiger partial charge in [-0.25, -0.2) is 0 Å². The summed E-state index contributed by atoms with van der Waals surface area (Å²) in [5, 5.41) is 14.3. The van der Waals surface area contributed by atoms with Crippen LogP contribution in [0.1, 0.15) is 49.9 Å². The molecule has 0 fully saturated rings. The second-order valence-electron chi connectivity index (χ2n) is 5.67. The molecule has 0 heterocycles. The van der Waals surface area contributed by atoms with Crippen LogP contribution in [0.15, 0.2) is 6.07 Å². The van der Waals surface area contributed by atoms with Crippen molar-refractivity contribution in [2.75, 3.05) is 21.3 Å². The first-order valence-electron chi connectivity index (χ1n) is 8.19. The fraction of sp³-hybridized carbons (Fsp3) is 0.588. The SMILES string of the molecule is CCCCCC(C)NC(=O)c1cc(OC)c(OC)c(OC)c1[N+](=O)[O-]. The van der Waals surface area contributed by atoms with Crippen molar-refractivity contribution in [3.8, 4) is 17.2 Å². The first-order chi connectivity index (χ1) is 11.9. The van der Waals surface area contributed by atoms with Crippen LogP contribution in [0, 0.1) is 10.1 Å². The van der Waals surface area contributed by atoms with Crippen LogP contribution in [0.3, 0.4) is 0 Å². The molecule has 1 amide bonds. The average molecular weight is 354 g/mol. The zero-order valence-electron chi connectivity index (χ0n) is 15.4. The highest BCUT2D eigenvalue weighted by Gasteiger charge is 2.32. The van der Waals surface area contributed by atoms with Gasteiger partial charge in [0.1, 0.15) is 5.56 Å². The fourth-order valence-corrected chi connectivity index (χ4v) is 2.57. The molecule has 1 atom stereocenters. The lowest BCUT2D eigenvalue weighted by Crippen LogP contribution is -2.33. The monoisotopic (exact) mass is 354 g/mol. The lowest BCUT2D eigenvalue weighted by atomic mass is 10.1. The standard InChI is InChI=1S/C17H26N2O6/c1-6-7-8-9-11(2)18-17(20)12-10-13(23-3)15(24-4)16(25-5)14(12)19(21)22/h10-11H,6-9H2,1-5H3,(H,18,20). The van der Waals surface area contributed by atoms with Crippen LogP contribution in [0.4, 0.5) is 5.69 Å². The highest BCUT2D eigenvalue weighted by molar-refractivity contribution is 6.00. The summed E-state index contributed by atoms with van der Waals surface area (Å²) >= 11 is 0. The van der Waals surface area contributed by atoms with E-state index in [2.05, 4.69) is 12.2 Å². The van der Waals surface area contributed by atoms with E-state index in [1.165, 1.54) is 27.4 Å². The maximum Gasteiger partial charge on any atom is 0.327 e. The van der Waals surface area contributed by atoms with Crippen molar-refractivity contribution in [3.63, 3.8) is 0 Å². The molecule has 0 radical (unpaired) electrons. The van der Waals surface area contributed by atoms with Crippen LogP contribution in [0.2, 0.25) is 0 Å². The molecular formula is C17H26N2O6. The molecule has 0 saturated heterocycles. The van der Waals surface area contributed by atoms with E-state index >= 15 is 0 Å². The van der Waals surface area contributed by atoms with Gasteiger partial charge in [-0.3, -0.25) is 14.9 Å². The van der Waals surface area contributed by atoms with Crippen LogP contribution in [0.25, 0.3) is 0 Å². The fourth-order valence-electron chi connectivity index (χ4n) is 2.57. The Labute approximate surface area is 147 Å². The topological polar surface area (TPSA) is 99.9 Å². The first-order valence-corrected chi connectivity index (χ1v) is 8.19. The summed E-state index contributed by atoms with van der Waals surface area (Å²) in [5.74, 6) is -0.427. The average Bonchev–Trinajstić information content (AvgIpc) is 2.59. The number of unbranched alkanes of at least 4 members (excludes halogenated alkanes) is 2. The molecule has 1 aromatic rings. The number of methoxy groups -OCH3 is 3. The Morgan fingerprint density at radius 1 is 1.20 bits per heavy atom. The minimum Gasteiger partial charge on any atom is -0.493 e. The summed E-state index contributed by atoms with van der Waals surface area (Å²) < 4.78 is 15.4. The maximum atomic E-state index is 12.6. The number of rotatable bonds is 10. The summed E-state index contributed by atoms with van der Waals surface area (Å²) in [6, 6.07) is 1.20. The van der Waals surface area contributed by atoms with E-state index in [0.29, 0.717) is 0 Å². The molecule has 1 aromatic carbocycles. The summed E-state index contributed by atoms with van der Waals surface area (Å²) in [4.78, 5) is 23.4. The number of hydrogen-bond acceptors (Lipinski definition) is 6. The van der Waals surface area contributed by atoms with Crippen molar-refractivity contribution in [3.05, 3.63) is 21.7 Å². The van der Waals surface area contributed by atoms with E-state index < -0.39 is 16.5 Å². The lowest BCUT2D eigenvalue weighted by molar-refractivity contribution is -0.386. The van der Waals surface area contributed by atoms with Gasteiger partial charge in [-0.05, 0) is 13.3 Å². The molecule has 140 valence electrons. The molecule has 0 saturated carbocycles. The molecule has 8 nitrogen and oxygen atoms in total. The predicted octanol–water partition coefficient (Wildman–Crippen LogP) is 3.32. The molecule has 0 spiro atoms. The highest BCUT2D eigenvalue weighted by atomic mass is 16.6. The molecule has 8 heteroatoms. The Morgan fingerprint density at radius 2 is 1.84 bits per heavy atom. The van der Waals surface area contributed by atoms with Gasteiger partial charge in [-0.15, -0.1) is 0 Å². The van der Waals surface area contributed by atoms with Crippen molar-refractivity contribution in [1.29, 1.82) is 0 Å². The largest absolute Gasteiger partial charge is 0.493 e. The number of nitro benzene ring substituents is 1. The summed E-state index contributed by atoms with van der Waals surface area (Å²) in [7, 11) is 4.01. The number of benzene rings is 1. The molecule has 1 unspecified atom stereocenters. The van der Waals surface area contributed by atoms with Gasteiger partial charge >= 0.3 is 5.69 Å². The smallest absolute Gasteiger partial charge is 0.327 e. The van der Waals surface area contributed by atoms with Crippen LogP contribution in [0.5, 0.6) is 17.2 Å². The molecule has 0 aliphatic carbocycles. The minimum absolute atomic E-state index is 0.0734. The molecule has 0 aromatic heterocycles. The van der Waals surface area contributed by atoms with E-state index in [1.54, 1.807) is 0 Å². The minimum atomic E-state index is -0.655. The number of carbonyl (C=O) groups is 1. The predicted molar refractivity (Wildman–Crippen MR) is 93.8 cm³/mol. The van der Waals surface area contributed by atoms with Gasteiger partial charge in [0, 0.05) is 12.1 Å². The quantitative estimate of drug-likeness (QED) is 0.393. The number of carbonyl (C=O) groups excluding carboxylic acids is 1. The number of nitro groups is 1. The van der Waals surface area contributed by atoms with E-state index in [4.69, 9.17) is 14.2 Å². The third-order valence-electron chi connectivity index (χ3n) is 3.85. The number of amides is 1. The van der Waals surface area contributed by atoms with Crippen molar-refractivity contribution in [2.45, 2.75) is 45.6 Å². The van der Waals surface area contributed by atoms with Crippen molar-refractivity contribution < 1.29 is 23.9 Å². The highest BCUT2D eigenvalue weighted by Crippen LogP contribution is 2.46. The Balaban J connectivity index is 3.24. The van der Waals surface area contributed by atoms with Gasteiger partial charge in [-0.2, -0.15) is 0 Å². The second-order valence-corrected chi connectivity index (χ2v) is 5.67. The van der Waals surface area contributed by atoms with E-state index in [9.17, 15) is 14.9 Å². The third kappa shape index (κ3) is 4.98. The zero-order chi connectivity index (χ0) is 19.0.